The number of hydrogen-bond acceptors (Lipinski definition) is 5. The number of aryl methyl sites for hydroxylation is 1. The summed E-state index contributed by atoms with van der Waals surface area (Å²) in [6.07, 6.45) is 0. The van der Waals surface area contributed by atoms with Crippen LogP contribution in [-0.4, -0.2) is 57.5 Å². The second-order valence-corrected chi connectivity index (χ2v) is 10.7. The van der Waals surface area contributed by atoms with Gasteiger partial charge in [0.2, 0.25) is 26.0 Å². The van der Waals surface area contributed by atoms with E-state index in [4.69, 9.17) is 0 Å². The van der Waals surface area contributed by atoms with Crippen LogP contribution in [0.2, 0.25) is 0 Å². The summed E-state index contributed by atoms with van der Waals surface area (Å²) in [7, 11) is -7.41. The molecule has 1 amide bonds. The first-order valence-corrected chi connectivity index (χ1v) is 11.9. The summed E-state index contributed by atoms with van der Waals surface area (Å²) in [5, 5.41) is 2.58. The summed E-state index contributed by atoms with van der Waals surface area (Å²) < 4.78 is 53.8. The Kier molecular flexibility index (Phi) is 6.08. The summed E-state index contributed by atoms with van der Waals surface area (Å²) in [6.45, 7) is 3.55. The molecular formula is C19H23N3O5S2. The summed E-state index contributed by atoms with van der Waals surface area (Å²) >= 11 is 0. The molecule has 29 heavy (non-hydrogen) atoms. The molecule has 8 nitrogen and oxygen atoms in total. The highest BCUT2D eigenvalue weighted by Crippen LogP contribution is 2.23. The predicted molar refractivity (Wildman–Crippen MR) is 109 cm³/mol. The molecule has 10 heteroatoms. The zero-order valence-corrected chi connectivity index (χ0v) is 17.8. The Morgan fingerprint density at radius 3 is 1.52 bits per heavy atom. The molecule has 0 spiro atoms. The first kappa shape index (κ1) is 21.4. The Bertz CT molecular complexity index is 1090. The lowest BCUT2D eigenvalue weighted by atomic mass is 10.2. The van der Waals surface area contributed by atoms with E-state index in [0.717, 1.165) is 5.56 Å². The van der Waals surface area contributed by atoms with Crippen molar-refractivity contribution in [3.63, 3.8) is 0 Å². The number of carbonyl (C=O) groups is 1. The number of benzene rings is 2. The number of piperazine rings is 1. The van der Waals surface area contributed by atoms with Crippen LogP contribution in [0.5, 0.6) is 0 Å². The molecule has 1 saturated heterocycles. The van der Waals surface area contributed by atoms with Crippen LogP contribution < -0.4 is 5.32 Å². The second kappa shape index (κ2) is 8.23. The lowest BCUT2D eigenvalue weighted by Gasteiger charge is -2.33. The van der Waals surface area contributed by atoms with Gasteiger partial charge in [-0.1, -0.05) is 17.7 Å². The van der Waals surface area contributed by atoms with Crippen LogP contribution in [0.1, 0.15) is 12.5 Å². The number of carbonyl (C=O) groups excluding carboxylic acids is 1. The summed E-state index contributed by atoms with van der Waals surface area (Å²) in [4.78, 5) is 11.4. The molecule has 1 N–H and O–H groups in total. The van der Waals surface area contributed by atoms with Gasteiger partial charge in [-0.3, -0.25) is 4.79 Å². The minimum atomic E-state index is -3.75. The van der Waals surface area contributed by atoms with Gasteiger partial charge in [-0.25, -0.2) is 16.8 Å². The average Bonchev–Trinajstić information content (AvgIpc) is 2.68. The highest BCUT2D eigenvalue weighted by Gasteiger charge is 2.33. The lowest BCUT2D eigenvalue weighted by molar-refractivity contribution is -0.114. The van der Waals surface area contributed by atoms with E-state index in [9.17, 15) is 21.6 Å². The fourth-order valence-corrected chi connectivity index (χ4v) is 5.92. The average molecular weight is 438 g/mol. The normalized spacial score (nSPS) is 16.5. The van der Waals surface area contributed by atoms with Gasteiger partial charge in [0.05, 0.1) is 9.79 Å². The van der Waals surface area contributed by atoms with E-state index in [0.29, 0.717) is 5.69 Å². The first-order valence-electron chi connectivity index (χ1n) is 9.05. The van der Waals surface area contributed by atoms with Crippen molar-refractivity contribution in [3.8, 4) is 0 Å². The third-order valence-corrected chi connectivity index (χ3v) is 8.49. The van der Waals surface area contributed by atoms with Crippen molar-refractivity contribution in [2.24, 2.45) is 0 Å². The number of nitrogens with zero attached hydrogens (tertiary/aromatic N) is 2. The molecule has 2 aromatic rings. The van der Waals surface area contributed by atoms with Crippen molar-refractivity contribution in [3.05, 3.63) is 54.1 Å². The van der Waals surface area contributed by atoms with Crippen LogP contribution in [0.15, 0.2) is 58.3 Å². The SMILES string of the molecule is CC(=O)Nc1ccc(S(=O)(=O)N2CCN(S(=O)(=O)c3ccc(C)cc3)CC2)cc1. The molecule has 2 aromatic carbocycles. The lowest BCUT2D eigenvalue weighted by Crippen LogP contribution is -2.50. The second-order valence-electron chi connectivity index (χ2n) is 6.83. The van der Waals surface area contributed by atoms with E-state index in [1.165, 1.54) is 39.8 Å². The van der Waals surface area contributed by atoms with Gasteiger partial charge in [-0.15, -0.1) is 0 Å². The zero-order chi connectivity index (χ0) is 21.2. The van der Waals surface area contributed by atoms with Gasteiger partial charge in [-0.2, -0.15) is 8.61 Å². The Balaban J connectivity index is 1.71. The maximum absolute atomic E-state index is 12.9. The number of hydrogen-bond donors (Lipinski definition) is 1. The number of anilines is 1. The van der Waals surface area contributed by atoms with Crippen molar-refractivity contribution in [1.29, 1.82) is 0 Å². The van der Waals surface area contributed by atoms with Gasteiger partial charge >= 0.3 is 0 Å². The van der Waals surface area contributed by atoms with Gasteiger partial charge in [0.25, 0.3) is 0 Å². The topological polar surface area (TPSA) is 104 Å². The van der Waals surface area contributed by atoms with Gasteiger partial charge in [0.1, 0.15) is 0 Å². The minimum absolute atomic E-state index is 0.0703. The number of sulfonamides is 2. The third kappa shape index (κ3) is 4.67. The highest BCUT2D eigenvalue weighted by molar-refractivity contribution is 7.89. The Morgan fingerprint density at radius 1 is 0.759 bits per heavy atom. The van der Waals surface area contributed by atoms with E-state index >= 15 is 0 Å². The predicted octanol–water partition coefficient (Wildman–Crippen LogP) is 1.65. The molecule has 3 rings (SSSR count). The molecular weight excluding hydrogens is 414 g/mol. The summed E-state index contributed by atoms with van der Waals surface area (Å²) in [5.74, 6) is -0.244. The Hall–Kier alpha value is -2.27. The summed E-state index contributed by atoms with van der Waals surface area (Å²) in [6, 6.07) is 12.5. The molecule has 1 aliphatic heterocycles. The number of nitrogens with one attached hydrogen (secondary N) is 1. The molecule has 0 aromatic heterocycles. The van der Waals surface area contributed by atoms with Gasteiger partial charge in [0.15, 0.2) is 0 Å². The van der Waals surface area contributed by atoms with Crippen LogP contribution in [0, 0.1) is 6.92 Å². The van der Waals surface area contributed by atoms with Crippen LogP contribution in [0.3, 0.4) is 0 Å². The van der Waals surface area contributed by atoms with E-state index in [-0.39, 0.29) is 41.9 Å². The monoisotopic (exact) mass is 437 g/mol. The fraction of sp³-hybridized carbons (Fsp3) is 0.316. The van der Waals surface area contributed by atoms with Gasteiger partial charge < -0.3 is 5.32 Å². The van der Waals surface area contributed by atoms with E-state index in [1.54, 1.807) is 24.3 Å². The van der Waals surface area contributed by atoms with Crippen LogP contribution in [-0.2, 0) is 24.8 Å². The van der Waals surface area contributed by atoms with Crippen LogP contribution in [0.4, 0.5) is 5.69 Å². The van der Waals surface area contributed by atoms with Crippen molar-refractivity contribution in [1.82, 2.24) is 8.61 Å². The summed E-state index contributed by atoms with van der Waals surface area (Å²) in [5.41, 5.74) is 1.47. The molecule has 1 fully saturated rings. The van der Waals surface area contributed by atoms with Gasteiger partial charge in [-0.05, 0) is 43.3 Å². The molecule has 0 aliphatic carbocycles. The van der Waals surface area contributed by atoms with E-state index < -0.39 is 20.0 Å². The fourth-order valence-electron chi connectivity index (χ4n) is 3.07. The molecule has 0 saturated carbocycles. The first-order chi connectivity index (χ1) is 13.6. The minimum Gasteiger partial charge on any atom is -0.326 e. The number of amides is 1. The number of rotatable bonds is 5. The molecule has 0 unspecified atom stereocenters. The zero-order valence-electron chi connectivity index (χ0n) is 16.2. The quantitative estimate of drug-likeness (QED) is 0.766. The van der Waals surface area contributed by atoms with Crippen molar-refractivity contribution >= 4 is 31.6 Å². The van der Waals surface area contributed by atoms with Gasteiger partial charge in [0, 0.05) is 38.8 Å². The van der Waals surface area contributed by atoms with Crippen molar-refractivity contribution in [2.75, 3.05) is 31.5 Å². The molecule has 156 valence electrons. The highest BCUT2D eigenvalue weighted by atomic mass is 32.2. The standard InChI is InChI=1S/C19H23N3O5S2/c1-15-3-7-18(8-4-15)28(24,25)21-11-13-22(14-12-21)29(26,27)19-9-5-17(6-10-19)20-16(2)23/h3-10H,11-14H2,1-2H3,(H,20,23). The molecule has 0 radical (unpaired) electrons. The molecule has 0 bridgehead atoms. The Morgan fingerprint density at radius 2 is 1.14 bits per heavy atom. The van der Waals surface area contributed by atoms with Crippen molar-refractivity contribution < 1.29 is 21.6 Å². The van der Waals surface area contributed by atoms with Crippen molar-refractivity contribution in [2.45, 2.75) is 23.6 Å². The van der Waals surface area contributed by atoms with E-state index in [2.05, 4.69) is 5.32 Å². The van der Waals surface area contributed by atoms with E-state index in [1.807, 2.05) is 6.92 Å². The Labute approximate surface area is 171 Å². The van der Waals surface area contributed by atoms with Crippen LogP contribution >= 0.6 is 0 Å². The molecule has 1 aliphatic rings. The molecule has 1 heterocycles. The maximum Gasteiger partial charge on any atom is 0.243 e. The third-order valence-electron chi connectivity index (χ3n) is 4.67. The van der Waals surface area contributed by atoms with Crippen LogP contribution in [0.25, 0.3) is 0 Å². The largest absolute Gasteiger partial charge is 0.326 e. The molecule has 0 atom stereocenters. The smallest absolute Gasteiger partial charge is 0.243 e. The maximum atomic E-state index is 12.9.